The van der Waals surface area contributed by atoms with Gasteiger partial charge in [0.1, 0.15) is 6.29 Å². The highest BCUT2D eigenvalue weighted by Crippen LogP contribution is 2.34. The fraction of sp³-hybridized carbons (Fsp3) is 0.889. The molecule has 1 heterocycles. The topological polar surface area (TPSA) is 51.2 Å². The van der Waals surface area contributed by atoms with Crippen LogP contribution in [0.25, 0.3) is 0 Å². The first-order valence-electron chi connectivity index (χ1n) is 4.70. The van der Waals surface area contributed by atoms with E-state index in [1.54, 1.807) is 0 Å². The third kappa shape index (κ3) is 2.53. The van der Waals surface area contributed by atoms with E-state index in [-0.39, 0.29) is 11.5 Å². The van der Waals surface area contributed by atoms with Crippen LogP contribution in [-0.4, -0.2) is 26.2 Å². The summed E-state index contributed by atoms with van der Waals surface area (Å²) in [7, 11) is -2.93. The summed E-state index contributed by atoms with van der Waals surface area (Å²) >= 11 is 0. The van der Waals surface area contributed by atoms with Crippen molar-refractivity contribution in [3.05, 3.63) is 0 Å². The van der Waals surface area contributed by atoms with Gasteiger partial charge in [-0.15, -0.1) is 0 Å². The molecule has 1 aliphatic heterocycles. The minimum atomic E-state index is -2.93. The maximum atomic E-state index is 11.2. The zero-order chi connectivity index (χ0) is 9.95. The van der Waals surface area contributed by atoms with E-state index in [4.69, 9.17) is 0 Å². The second-order valence-corrected chi connectivity index (χ2v) is 6.11. The third-order valence-electron chi connectivity index (χ3n) is 2.70. The van der Waals surface area contributed by atoms with Crippen LogP contribution in [0, 0.1) is 5.41 Å². The highest BCUT2D eigenvalue weighted by molar-refractivity contribution is 7.91. The molecule has 76 valence electrons. The monoisotopic (exact) mass is 204 g/mol. The van der Waals surface area contributed by atoms with E-state index >= 15 is 0 Å². The van der Waals surface area contributed by atoms with Gasteiger partial charge in [-0.3, -0.25) is 0 Å². The fourth-order valence-electron chi connectivity index (χ4n) is 1.82. The smallest absolute Gasteiger partial charge is 0.151 e. The Bertz CT molecular complexity index is 281. The SMILES string of the molecule is CCCCC1(C=O)CCS(=O)(=O)C1. The van der Waals surface area contributed by atoms with Gasteiger partial charge in [0.2, 0.25) is 0 Å². The van der Waals surface area contributed by atoms with Gasteiger partial charge >= 0.3 is 0 Å². The van der Waals surface area contributed by atoms with E-state index in [1.165, 1.54) is 0 Å². The van der Waals surface area contributed by atoms with Crippen molar-refractivity contribution in [1.29, 1.82) is 0 Å². The molecule has 0 aliphatic carbocycles. The van der Waals surface area contributed by atoms with E-state index in [0.29, 0.717) is 6.42 Å². The first kappa shape index (κ1) is 10.7. The Morgan fingerprint density at radius 3 is 2.54 bits per heavy atom. The molecule has 0 aromatic heterocycles. The van der Waals surface area contributed by atoms with Crippen molar-refractivity contribution in [2.75, 3.05) is 11.5 Å². The molecule has 0 spiro atoms. The van der Waals surface area contributed by atoms with Crippen LogP contribution in [0.3, 0.4) is 0 Å². The molecule has 0 bridgehead atoms. The molecule has 4 heteroatoms. The molecule has 13 heavy (non-hydrogen) atoms. The molecule has 0 aromatic carbocycles. The molecule has 0 saturated carbocycles. The van der Waals surface area contributed by atoms with Crippen molar-refractivity contribution < 1.29 is 13.2 Å². The second-order valence-electron chi connectivity index (χ2n) is 3.93. The Morgan fingerprint density at radius 2 is 2.15 bits per heavy atom. The van der Waals surface area contributed by atoms with Gasteiger partial charge in [0, 0.05) is 5.41 Å². The summed E-state index contributed by atoms with van der Waals surface area (Å²) in [6.07, 6.45) is 4.06. The van der Waals surface area contributed by atoms with Gasteiger partial charge in [-0.1, -0.05) is 19.8 Å². The largest absolute Gasteiger partial charge is 0.303 e. The van der Waals surface area contributed by atoms with Gasteiger partial charge in [0.05, 0.1) is 11.5 Å². The molecule has 3 nitrogen and oxygen atoms in total. The summed E-state index contributed by atoms with van der Waals surface area (Å²) in [6, 6.07) is 0. The van der Waals surface area contributed by atoms with Crippen molar-refractivity contribution in [3.63, 3.8) is 0 Å². The Kier molecular flexibility index (Phi) is 3.11. The van der Waals surface area contributed by atoms with E-state index in [2.05, 4.69) is 0 Å². The lowest BCUT2D eigenvalue weighted by molar-refractivity contribution is -0.115. The highest BCUT2D eigenvalue weighted by atomic mass is 32.2. The predicted octanol–water partition coefficient (Wildman–Crippen LogP) is 1.18. The predicted molar refractivity (Wildman–Crippen MR) is 51.3 cm³/mol. The van der Waals surface area contributed by atoms with Crippen LogP contribution >= 0.6 is 0 Å². The Morgan fingerprint density at radius 1 is 1.46 bits per heavy atom. The van der Waals surface area contributed by atoms with Crippen molar-refractivity contribution >= 4 is 16.1 Å². The summed E-state index contributed by atoms with van der Waals surface area (Å²) in [5.41, 5.74) is -0.547. The van der Waals surface area contributed by atoms with Crippen LogP contribution in [0.5, 0.6) is 0 Å². The Labute approximate surface area is 79.4 Å². The van der Waals surface area contributed by atoms with E-state index < -0.39 is 15.3 Å². The van der Waals surface area contributed by atoms with Crippen LogP contribution in [0.15, 0.2) is 0 Å². The van der Waals surface area contributed by atoms with Gasteiger partial charge in [-0.2, -0.15) is 0 Å². The Hall–Kier alpha value is -0.380. The summed E-state index contributed by atoms with van der Waals surface area (Å²) in [6.45, 7) is 2.04. The maximum absolute atomic E-state index is 11.2. The molecule has 1 rings (SSSR count). The van der Waals surface area contributed by atoms with E-state index in [0.717, 1.165) is 25.5 Å². The molecule has 1 aliphatic rings. The first-order valence-corrected chi connectivity index (χ1v) is 6.52. The number of carbonyl (C=O) groups excluding carboxylic acids is 1. The zero-order valence-electron chi connectivity index (χ0n) is 7.95. The Balaban J connectivity index is 2.68. The fourth-order valence-corrected chi connectivity index (χ4v) is 3.91. The number of aldehydes is 1. The van der Waals surface area contributed by atoms with Gasteiger partial charge in [-0.05, 0) is 12.8 Å². The standard InChI is InChI=1S/C9H16O3S/c1-2-3-4-9(7-10)5-6-13(11,12)8-9/h7H,2-6,8H2,1H3. The highest BCUT2D eigenvalue weighted by Gasteiger charge is 2.41. The normalized spacial score (nSPS) is 31.8. The van der Waals surface area contributed by atoms with E-state index in [1.807, 2.05) is 6.92 Å². The lowest BCUT2D eigenvalue weighted by atomic mass is 9.84. The summed E-state index contributed by atoms with van der Waals surface area (Å²) in [5.74, 6) is 0.263. The van der Waals surface area contributed by atoms with Gasteiger partial charge in [0.25, 0.3) is 0 Å². The van der Waals surface area contributed by atoms with Crippen molar-refractivity contribution in [3.8, 4) is 0 Å². The third-order valence-corrected chi connectivity index (χ3v) is 4.54. The van der Waals surface area contributed by atoms with Crippen LogP contribution < -0.4 is 0 Å². The average molecular weight is 204 g/mol. The molecule has 1 saturated heterocycles. The molecular weight excluding hydrogens is 188 g/mol. The van der Waals surface area contributed by atoms with E-state index in [9.17, 15) is 13.2 Å². The summed E-state index contributed by atoms with van der Waals surface area (Å²) < 4.78 is 22.4. The van der Waals surface area contributed by atoms with Crippen molar-refractivity contribution in [1.82, 2.24) is 0 Å². The molecule has 0 aromatic rings. The number of rotatable bonds is 4. The number of sulfone groups is 1. The van der Waals surface area contributed by atoms with Crippen LogP contribution in [-0.2, 0) is 14.6 Å². The summed E-state index contributed by atoms with van der Waals surface area (Å²) in [4.78, 5) is 10.9. The molecule has 1 fully saturated rings. The minimum Gasteiger partial charge on any atom is -0.303 e. The molecule has 0 N–H and O–H groups in total. The number of hydrogen-bond donors (Lipinski definition) is 0. The first-order chi connectivity index (χ1) is 6.04. The number of unbranched alkanes of at least 4 members (excludes halogenated alkanes) is 1. The molecule has 0 amide bonds. The lowest BCUT2D eigenvalue weighted by Gasteiger charge is -2.19. The second kappa shape index (κ2) is 3.78. The van der Waals surface area contributed by atoms with Gasteiger partial charge in [0.15, 0.2) is 9.84 Å². The minimum absolute atomic E-state index is 0.0729. The van der Waals surface area contributed by atoms with Crippen molar-refractivity contribution in [2.45, 2.75) is 32.6 Å². The average Bonchev–Trinajstić information content (AvgIpc) is 2.40. The van der Waals surface area contributed by atoms with Crippen LogP contribution in [0.1, 0.15) is 32.6 Å². The van der Waals surface area contributed by atoms with Gasteiger partial charge < -0.3 is 4.79 Å². The molecular formula is C9H16O3S. The van der Waals surface area contributed by atoms with Gasteiger partial charge in [-0.25, -0.2) is 8.42 Å². The summed E-state index contributed by atoms with van der Waals surface area (Å²) in [5, 5.41) is 0. The van der Waals surface area contributed by atoms with Crippen LogP contribution in [0.2, 0.25) is 0 Å². The maximum Gasteiger partial charge on any atom is 0.151 e. The van der Waals surface area contributed by atoms with Crippen LogP contribution in [0.4, 0.5) is 0 Å². The number of hydrogen-bond acceptors (Lipinski definition) is 3. The number of carbonyl (C=O) groups is 1. The molecule has 0 radical (unpaired) electrons. The molecule has 1 unspecified atom stereocenters. The lowest BCUT2D eigenvalue weighted by Crippen LogP contribution is -2.23. The quantitative estimate of drug-likeness (QED) is 0.646. The zero-order valence-corrected chi connectivity index (χ0v) is 8.77. The molecule has 1 atom stereocenters. The van der Waals surface area contributed by atoms with Crippen molar-refractivity contribution in [2.24, 2.45) is 5.41 Å².